The van der Waals surface area contributed by atoms with Gasteiger partial charge in [0, 0.05) is 12.6 Å². The average molecular weight is 208 g/mol. The summed E-state index contributed by atoms with van der Waals surface area (Å²) in [5.74, 6) is -0.268. The van der Waals surface area contributed by atoms with Crippen molar-refractivity contribution in [1.82, 2.24) is 0 Å². The Morgan fingerprint density at radius 1 is 1.27 bits per heavy atom. The minimum atomic E-state index is -0.268. The Bertz CT molecular complexity index is 322. The summed E-state index contributed by atoms with van der Waals surface area (Å²) in [6, 6.07) is 5.95. The van der Waals surface area contributed by atoms with Gasteiger partial charge in [-0.15, -0.1) is 0 Å². The fourth-order valence-corrected chi connectivity index (χ4v) is 1.00. The topological polar surface area (TPSA) is 41.5 Å². The Morgan fingerprint density at radius 3 is 2.67 bits per heavy atom. The summed E-state index contributed by atoms with van der Waals surface area (Å²) in [5.41, 5.74) is 3.50. The zero-order valence-corrected chi connectivity index (χ0v) is 8.32. The molecule has 0 aliphatic heterocycles. The SMILES string of the molecule is O=CCCCC=NNc1ccc(F)cc1. The lowest BCUT2D eigenvalue weighted by molar-refractivity contribution is -0.107. The Kier molecular flexibility index (Phi) is 5.08. The van der Waals surface area contributed by atoms with Crippen LogP contribution in [0.25, 0.3) is 0 Å². The van der Waals surface area contributed by atoms with Crippen LogP contribution in [-0.2, 0) is 4.79 Å². The Morgan fingerprint density at radius 2 is 2.00 bits per heavy atom. The summed E-state index contributed by atoms with van der Waals surface area (Å²) in [6.07, 6.45) is 4.71. The normalized spacial score (nSPS) is 10.5. The molecule has 1 aromatic rings. The number of benzene rings is 1. The quantitative estimate of drug-likeness (QED) is 0.338. The first-order valence-corrected chi connectivity index (χ1v) is 4.79. The van der Waals surface area contributed by atoms with Crippen LogP contribution in [0.1, 0.15) is 19.3 Å². The third kappa shape index (κ3) is 4.90. The monoisotopic (exact) mass is 208 g/mol. The molecule has 0 radical (unpaired) electrons. The molecule has 0 aliphatic carbocycles. The maximum absolute atomic E-state index is 12.5. The van der Waals surface area contributed by atoms with Crippen LogP contribution in [0.15, 0.2) is 29.4 Å². The molecule has 0 heterocycles. The van der Waals surface area contributed by atoms with Crippen LogP contribution in [0, 0.1) is 5.82 Å². The van der Waals surface area contributed by atoms with E-state index in [0.29, 0.717) is 6.42 Å². The first kappa shape index (κ1) is 11.4. The molecule has 0 atom stereocenters. The van der Waals surface area contributed by atoms with Gasteiger partial charge >= 0.3 is 0 Å². The number of carbonyl (C=O) groups is 1. The van der Waals surface area contributed by atoms with Crippen LogP contribution < -0.4 is 5.43 Å². The number of nitrogens with one attached hydrogen (secondary N) is 1. The summed E-state index contributed by atoms with van der Waals surface area (Å²) in [4.78, 5) is 10.00. The highest BCUT2D eigenvalue weighted by Crippen LogP contribution is 2.07. The van der Waals surface area contributed by atoms with Crippen LogP contribution in [0.3, 0.4) is 0 Å². The summed E-state index contributed by atoms with van der Waals surface area (Å²) >= 11 is 0. The van der Waals surface area contributed by atoms with Gasteiger partial charge in [0.1, 0.15) is 12.1 Å². The van der Waals surface area contributed by atoms with Gasteiger partial charge in [-0.3, -0.25) is 5.43 Å². The number of carbonyl (C=O) groups excluding carboxylic acids is 1. The molecule has 0 saturated heterocycles. The molecule has 0 fully saturated rings. The van der Waals surface area contributed by atoms with Crippen LogP contribution in [-0.4, -0.2) is 12.5 Å². The summed E-state index contributed by atoms with van der Waals surface area (Å²) < 4.78 is 12.5. The molecule has 80 valence electrons. The molecule has 0 aliphatic rings. The van der Waals surface area contributed by atoms with E-state index in [9.17, 15) is 9.18 Å². The molecule has 1 N–H and O–H groups in total. The van der Waals surface area contributed by atoms with Crippen molar-refractivity contribution in [2.45, 2.75) is 19.3 Å². The third-order valence-electron chi connectivity index (χ3n) is 1.78. The van der Waals surface area contributed by atoms with Gasteiger partial charge in [-0.25, -0.2) is 4.39 Å². The van der Waals surface area contributed by atoms with Gasteiger partial charge < -0.3 is 4.79 Å². The van der Waals surface area contributed by atoms with E-state index in [4.69, 9.17) is 0 Å². The summed E-state index contributed by atoms with van der Waals surface area (Å²) in [5, 5.41) is 3.93. The molecule has 1 aromatic carbocycles. The van der Waals surface area contributed by atoms with Crippen molar-refractivity contribution in [3.8, 4) is 0 Å². The standard InChI is InChI=1S/C11H13FN2O/c12-10-4-6-11(7-5-10)14-13-8-2-1-3-9-15/h4-9,14H,1-3H2. The fraction of sp³-hybridized carbons (Fsp3) is 0.273. The largest absolute Gasteiger partial charge is 0.303 e. The van der Waals surface area contributed by atoms with Crippen LogP contribution in [0.5, 0.6) is 0 Å². The molecule has 0 amide bonds. The van der Waals surface area contributed by atoms with E-state index >= 15 is 0 Å². The molecular formula is C11H13FN2O. The van der Waals surface area contributed by atoms with Crippen LogP contribution in [0.2, 0.25) is 0 Å². The van der Waals surface area contributed by atoms with Gasteiger partial charge in [0.05, 0.1) is 5.69 Å². The highest BCUT2D eigenvalue weighted by molar-refractivity contribution is 5.60. The smallest absolute Gasteiger partial charge is 0.123 e. The first-order valence-electron chi connectivity index (χ1n) is 4.79. The lowest BCUT2D eigenvalue weighted by Gasteiger charge is -1.98. The van der Waals surface area contributed by atoms with E-state index in [0.717, 1.165) is 24.8 Å². The average Bonchev–Trinajstić information content (AvgIpc) is 2.26. The molecule has 1 rings (SSSR count). The van der Waals surface area contributed by atoms with E-state index in [1.807, 2.05) is 0 Å². The van der Waals surface area contributed by atoms with Crippen molar-refractivity contribution in [3.05, 3.63) is 30.1 Å². The number of halogens is 1. The second-order valence-electron chi connectivity index (χ2n) is 3.03. The number of nitrogens with zero attached hydrogens (tertiary/aromatic N) is 1. The van der Waals surface area contributed by atoms with Gasteiger partial charge in [0.2, 0.25) is 0 Å². The van der Waals surface area contributed by atoms with E-state index in [1.165, 1.54) is 12.1 Å². The highest BCUT2D eigenvalue weighted by Gasteiger charge is 1.89. The number of hydrogen-bond donors (Lipinski definition) is 1. The van der Waals surface area contributed by atoms with E-state index in [2.05, 4.69) is 10.5 Å². The van der Waals surface area contributed by atoms with Crippen LogP contribution >= 0.6 is 0 Å². The van der Waals surface area contributed by atoms with Crippen molar-refractivity contribution in [2.75, 3.05) is 5.43 Å². The van der Waals surface area contributed by atoms with Crippen molar-refractivity contribution < 1.29 is 9.18 Å². The second kappa shape index (κ2) is 6.70. The van der Waals surface area contributed by atoms with Crippen molar-refractivity contribution in [1.29, 1.82) is 0 Å². The third-order valence-corrected chi connectivity index (χ3v) is 1.78. The molecule has 0 saturated carbocycles. The number of hydrogen-bond acceptors (Lipinski definition) is 3. The predicted molar refractivity (Wildman–Crippen MR) is 58.4 cm³/mol. The van der Waals surface area contributed by atoms with Gasteiger partial charge in [-0.05, 0) is 37.1 Å². The lowest BCUT2D eigenvalue weighted by atomic mass is 10.3. The number of unbranched alkanes of at least 4 members (excludes halogenated alkanes) is 2. The maximum Gasteiger partial charge on any atom is 0.123 e. The Hall–Kier alpha value is -1.71. The fourth-order valence-electron chi connectivity index (χ4n) is 1.00. The Balaban J connectivity index is 2.24. The first-order chi connectivity index (χ1) is 7.33. The molecule has 15 heavy (non-hydrogen) atoms. The zero-order chi connectivity index (χ0) is 10.9. The molecule has 0 spiro atoms. The van der Waals surface area contributed by atoms with E-state index in [1.54, 1.807) is 18.3 Å². The molecule has 3 nitrogen and oxygen atoms in total. The maximum atomic E-state index is 12.5. The Labute approximate surface area is 88.0 Å². The number of hydrazone groups is 1. The molecule has 0 aromatic heterocycles. The molecule has 4 heteroatoms. The lowest BCUT2D eigenvalue weighted by Crippen LogP contribution is -1.89. The summed E-state index contributed by atoms with van der Waals surface area (Å²) in [7, 11) is 0. The van der Waals surface area contributed by atoms with Crippen molar-refractivity contribution in [3.63, 3.8) is 0 Å². The number of anilines is 1. The molecule has 0 bridgehead atoms. The van der Waals surface area contributed by atoms with E-state index in [-0.39, 0.29) is 5.82 Å². The van der Waals surface area contributed by atoms with Gasteiger partial charge in [-0.1, -0.05) is 0 Å². The summed E-state index contributed by atoms with van der Waals surface area (Å²) in [6.45, 7) is 0. The predicted octanol–water partition coefficient (Wildman–Crippen LogP) is 2.59. The molecule has 0 unspecified atom stereocenters. The minimum absolute atomic E-state index is 0.268. The van der Waals surface area contributed by atoms with E-state index < -0.39 is 0 Å². The molecular weight excluding hydrogens is 195 g/mol. The van der Waals surface area contributed by atoms with Crippen molar-refractivity contribution in [2.24, 2.45) is 5.10 Å². The van der Waals surface area contributed by atoms with Gasteiger partial charge in [-0.2, -0.15) is 5.10 Å². The van der Waals surface area contributed by atoms with Crippen molar-refractivity contribution >= 4 is 18.2 Å². The van der Waals surface area contributed by atoms with Gasteiger partial charge in [0.25, 0.3) is 0 Å². The number of rotatable bonds is 6. The van der Waals surface area contributed by atoms with Crippen LogP contribution in [0.4, 0.5) is 10.1 Å². The highest BCUT2D eigenvalue weighted by atomic mass is 19.1. The second-order valence-corrected chi connectivity index (χ2v) is 3.03. The van der Waals surface area contributed by atoms with Gasteiger partial charge in [0.15, 0.2) is 0 Å². The minimum Gasteiger partial charge on any atom is -0.303 e. The number of aldehydes is 1. The zero-order valence-electron chi connectivity index (χ0n) is 8.32.